The normalized spacial score (nSPS) is 16.0. The maximum absolute atomic E-state index is 12.5. The third-order valence-electron chi connectivity index (χ3n) is 4.42. The van der Waals surface area contributed by atoms with E-state index >= 15 is 0 Å². The summed E-state index contributed by atoms with van der Waals surface area (Å²) in [5.41, 5.74) is 7.21. The highest BCUT2D eigenvalue weighted by molar-refractivity contribution is 5.85. The van der Waals surface area contributed by atoms with E-state index in [0.29, 0.717) is 19.5 Å². The Kier molecular flexibility index (Phi) is 7.29. The standard InChI is InChI=1S/C20H24N2O2.ClH/c21-19(15-16-7-3-1-4-8-16)20(23)22-13-11-18(12-14-22)24-17-9-5-2-6-10-17;/h1-10,18-19H,11-15,21H2;1H/t19-;/m0./s1. The quantitative estimate of drug-likeness (QED) is 0.891. The minimum atomic E-state index is -0.473. The third-order valence-corrected chi connectivity index (χ3v) is 4.42. The summed E-state index contributed by atoms with van der Waals surface area (Å²) in [6.45, 7) is 1.41. The average Bonchev–Trinajstić information content (AvgIpc) is 2.63. The molecule has 0 spiro atoms. The zero-order valence-corrected chi connectivity index (χ0v) is 15.0. The lowest BCUT2D eigenvalue weighted by Gasteiger charge is -2.33. The molecule has 5 heteroatoms. The predicted octanol–water partition coefficient (Wildman–Crippen LogP) is 3.05. The second kappa shape index (κ2) is 9.44. The van der Waals surface area contributed by atoms with Crippen LogP contribution in [0.25, 0.3) is 0 Å². The zero-order chi connectivity index (χ0) is 16.8. The van der Waals surface area contributed by atoms with E-state index in [1.54, 1.807) is 0 Å². The van der Waals surface area contributed by atoms with Crippen LogP contribution in [-0.4, -0.2) is 36.0 Å². The van der Waals surface area contributed by atoms with E-state index in [4.69, 9.17) is 10.5 Å². The van der Waals surface area contributed by atoms with Crippen molar-refractivity contribution in [3.63, 3.8) is 0 Å². The molecule has 1 fully saturated rings. The van der Waals surface area contributed by atoms with Crippen LogP contribution in [0.1, 0.15) is 18.4 Å². The largest absolute Gasteiger partial charge is 0.490 e. The second-order valence-electron chi connectivity index (χ2n) is 6.25. The van der Waals surface area contributed by atoms with Crippen LogP contribution in [0.4, 0.5) is 0 Å². The summed E-state index contributed by atoms with van der Waals surface area (Å²) in [4.78, 5) is 14.4. The molecule has 134 valence electrons. The molecule has 0 unspecified atom stereocenters. The lowest BCUT2D eigenvalue weighted by atomic mass is 10.0. The maximum Gasteiger partial charge on any atom is 0.239 e. The molecule has 0 aromatic heterocycles. The summed E-state index contributed by atoms with van der Waals surface area (Å²) in [6.07, 6.45) is 2.44. The van der Waals surface area contributed by atoms with Gasteiger partial charge in [-0.25, -0.2) is 0 Å². The number of hydrogen-bond donors (Lipinski definition) is 1. The summed E-state index contributed by atoms with van der Waals surface area (Å²) in [5.74, 6) is 0.931. The number of carbonyl (C=O) groups is 1. The lowest BCUT2D eigenvalue weighted by Crippen LogP contribution is -2.49. The number of ether oxygens (including phenoxy) is 1. The topological polar surface area (TPSA) is 55.6 Å². The number of likely N-dealkylation sites (tertiary alicyclic amines) is 1. The Balaban J connectivity index is 0.00000225. The van der Waals surface area contributed by atoms with Crippen molar-refractivity contribution in [2.45, 2.75) is 31.4 Å². The Morgan fingerprint density at radius 2 is 1.60 bits per heavy atom. The summed E-state index contributed by atoms with van der Waals surface area (Å²) in [7, 11) is 0. The van der Waals surface area contributed by atoms with Gasteiger partial charge in [-0.3, -0.25) is 4.79 Å². The molecular weight excluding hydrogens is 336 g/mol. The van der Waals surface area contributed by atoms with Crippen molar-refractivity contribution >= 4 is 18.3 Å². The Morgan fingerprint density at radius 3 is 2.20 bits per heavy atom. The number of hydrogen-bond acceptors (Lipinski definition) is 3. The molecule has 1 saturated heterocycles. The maximum atomic E-state index is 12.5. The molecule has 1 aliphatic rings. The number of rotatable bonds is 5. The molecule has 4 nitrogen and oxygen atoms in total. The highest BCUT2D eigenvalue weighted by Crippen LogP contribution is 2.19. The molecule has 1 heterocycles. The Bertz CT molecular complexity index is 643. The molecular formula is C20H25ClN2O2. The van der Waals surface area contributed by atoms with Crippen LogP contribution in [0.2, 0.25) is 0 Å². The number of amides is 1. The van der Waals surface area contributed by atoms with Gasteiger partial charge >= 0.3 is 0 Å². The van der Waals surface area contributed by atoms with Crippen molar-refractivity contribution in [1.29, 1.82) is 0 Å². The number of nitrogens with two attached hydrogens (primary N) is 1. The van der Waals surface area contributed by atoms with E-state index in [2.05, 4.69) is 0 Å². The van der Waals surface area contributed by atoms with Gasteiger partial charge in [0, 0.05) is 25.9 Å². The summed E-state index contributed by atoms with van der Waals surface area (Å²) < 4.78 is 5.97. The first-order valence-electron chi connectivity index (χ1n) is 8.52. The molecule has 3 rings (SSSR count). The molecule has 25 heavy (non-hydrogen) atoms. The average molecular weight is 361 g/mol. The van der Waals surface area contributed by atoms with Crippen LogP contribution in [0.5, 0.6) is 5.75 Å². The molecule has 0 saturated carbocycles. The fourth-order valence-electron chi connectivity index (χ4n) is 3.08. The van der Waals surface area contributed by atoms with Crippen LogP contribution in [-0.2, 0) is 11.2 Å². The molecule has 1 aliphatic heterocycles. The van der Waals surface area contributed by atoms with Gasteiger partial charge in [-0.1, -0.05) is 48.5 Å². The van der Waals surface area contributed by atoms with E-state index < -0.39 is 6.04 Å². The number of carbonyl (C=O) groups excluding carboxylic acids is 1. The van der Waals surface area contributed by atoms with E-state index in [1.165, 1.54) is 0 Å². The van der Waals surface area contributed by atoms with E-state index in [0.717, 1.165) is 24.2 Å². The minimum Gasteiger partial charge on any atom is -0.490 e. The van der Waals surface area contributed by atoms with E-state index in [1.807, 2.05) is 65.6 Å². The summed E-state index contributed by atoms with van der Waals surface area (Å²) in [5, 5.41) is 0. The Labute approximate surface area is 155 Å². The van der Waals surface area contributed by atoms with Gasteiger partial charge < -0.3 is 15.4 Å². The molecule has 1 amide bonds. The second-order valence-corrected chi connectivity index (χ2v) is 6.25. The van der Waals surface area contributed by atoms with Crippen molar-refractivity contribution in [2.75, 3.05) is 13.1 Å². The van der Waals surface area contributed by atoms with Crippen LogP contribution < -0.4 is 10.5 Å². The number of piperidine rings is 1. The van der Waals surface area contributed by atoms with Crippen LogP contribution in [0, 0.1) is 0 Å². The molecule has 2 N–H and O–H groups in total. The molecule has 2 aromatic carbocycles. The molecule has 2 aromatic rings. The van der Waals surface area contributed by atoms with Crippen molar-refractivity contribution in [3.05, 3.63) is 66.2 Å². The molecule has 0 bridgehead atoms. The summed E-state index contributed by atoms with van der Waals surface area (Å²) in [6, 6.07) is 19.3. The highest BCUT2D eigenvalue weighted by atomic mass is 35.5. The SMILES string of the molecule is Cl.N[C@@H](Cc1ccccc1)C(=O)N1CCC(Oc2ccccc2)CC1. The fourth-order valence-corrected chi connectivity index (χ4v) is 3.08. The van der Waals surface area contributed by atoms with Crippen molar-refractivity contribution < 1.29 is 9.53 Å². The van der Waals surface area contributed by atoms with E-state index in [-0.39, 0.29) is 24.4 Å². The van der Waals surface area contributed by atoms with Crippen LogP contribution in [0.15, 0.2) is 60.7 Å². The van der Waals surface area contributed by atoms with Crippen molar-refractivity contribution in [1.82, 2.24) is 4.90 Å². The highest BCUT2D eigenvalue weighted by Gasteiger charge is 2.27. The smallest absolute Gasteiger partial charge is 0.239 e. The van der Waals surface area contributed by atoms with Crippen LogP contribution in [0.3, 0.4) is 0 Å². The number of benzene rings is 2. The number of para-hydroxylation sites is 1. The van der Waals surface area contributed by atoms with Gasteiger partial charge in [-0.05, 0) is 24.1 Å². The van der Waals surface area contributed by atoms with Gasteiger partial charge in [0.1, 0.15) is 11.9 Å². The molecule has 0 aliphatic carbocycles. The molecule has 1 atom stereocenters. The van der Waals surface area contributed by atoms with Crippen molar-refractivity contribution in [3.8, 4) is 5.75 Å². The first kappa shape index (κ1) is 19.3. The van der Waals surface area contributed by atoms with Crippen molar-refractivity contribution in [2.24, 2.45) is 5.73 Å². The van der Waals surface area contributed by atoms with Crippen LogP contribution >= 0.6 is 12.4 Å². The van der Waals surface area contributed by atoms with Gasteiger partial charge in [0.2, 0.25) is 5.91 Å². The first-order chi connectivity index (χ1) is 11.7. The lowest BCUT2D eigenvalue weighted by molar-refractivity contribution is -0.134. The van der Waals surface area contributed by atoms with Gasteiger partial charge in [-0.2, -0.15) is 0 Å². The van der Waals surface area contributed by atoms with Gasteiger partial charge in [0.05, 0.1) is 6.04 Å². The Hall–Kier alpha value is -2.04. The van der Waals surface area contributed by atoms with E-state index in [9.17, 15) is 4.79 Å². The summed E-state index contributed by atoms with van der Waals surface area (Å²) >= 11 is 0. The van der Waals surface area contributed by atoms with Gasteiger partial charge in [-0.15, -0.1) is 12.4 Å². The minimum absolute atomic E-state index is 0. The number of nitrogens with zero attached hydrogens (tertiary/aromatic N) is 1. The zero-order valence-electron chi connectivity index (χ0n) is 14.2. The van der Waals surface area contributed by atoms with Gasteiger partial charge in [0.25, 0.3) is 0 Å². The fraction of sp³-hybridized carbons (Fsp3) is 0.350. The predicted molar refractivity (Wildman–Crippen MR) is 102 cm³/mol. The first-order valence-corrected chi connectivity index (χ1v) is 8.52. The number of halogens is 1. The van der Waals surface area contributed by atoms with Gasteiger partial charge in [0.15, 0.2) is 0 Å². The third kappa shape index (κ3) is 5.48. The Morgan fingerprint density at radius 1 is 1.04 bits per heavy atom. The molecule has 0 radical (unpaired) electrons. The monoisotopic (exact) mass is 360 g/mol.